The first-order valence-corrected chi connectivity index (χ1v) is 10.3. The van der Waals surface area contributed by atoms with E-state index in [2.05, 4.69) is 14.8 Å². The van der Waals surface area contributed by atoms with Crippen LogP contribution in [-0.2, 0) is 10.0 Å². The molecule has 0 aromatic heterocycles. The third-order valence-electron chi connectivity index (χ3n) is 3.84. The fourth-order valence-electron chi connectivity index (χ4n) is 2.46. The number of carbonyl (C=O) groups is 1. The van der Waals surface area contributed by atoms with Crippen LogP contribution in [0.4, 0.5) is 20.2 Å². The van der Waals surface area contributed by atoms with Crippen molar-refractivity contribution in [1.82, 2.24) is 0 Å². The van der Waals surface area contributed by atoms with Crippen molar-refractivity contribution in [2.75, 3.05) is 10.0 Å². The van der Waals surface area contributed by atoms with Crippen LogP contribution >= 0.6 is 11.6 Å². The minimum atomic E-state index is -3.90. The summed E-state index contributed by atoms with van der Waals surface area (Å²) >= 11 is 5.79. The van der Waals surface area contributed by atoms with Gasteiger partial charge in [-0.2, -0.15) is 8.78 Å². The molecular weight excluding hydrogens is 438 g/mol. The lowest BCUT2D eigenvalue weighted by Crippen LogP contribution is -2.15. The van der Waals surface area contributed by atoms with Crippen LogP contribution in [0.3, 0.4) is 0 Å². The Morgan fingerprint density at radius 2 is 1.60 bits per heavy atom. The zero-order valence-electron chi connectivity index (χ0n) is 15.2. The summed E-state index contributed by atoms with van der Waals surface area (Å²) in [5, 5.41) is 3.03. The van der Waals surface area contributed by atoms with Gasteiger partial charge >= 0.3 is 6.61 Å². The molecule has 2 N–H and O–H groups in total. The molecule has 156 valence electrons. The second-order valence-electron chi connectivity index (χ2n) is 6.00. The van der Waals surface area contributed by atoms with Gasteiger partial charge in [0.25, 0.3) is 15.9 Å². The first-order chi connectivity index (χ1) is 14.2. The summed E-state index contributed by atoms with van der Waals surface area (Å²) in [5.74, 6) is -0.623. The maximum absolute atomic E-state index is 12.6. The molecule has 10 heteroatoms. The van der Waals surface area contributed by atoms with E-state index in [0.29, 0.717) is 10.7 Å². The number of benzene rings is 3. The Bertz CT molecular complexity index is 1140. The predicted molar refractivity (Wildman–Crippen MR) is 110 cm³/mol. The van der Waals surface area contributed by atoms with Crippen LogP contribution in [0.2, 0.25) is 5.02 Å². The van der Waals surface area contributed by atoms with E-state index in [-0.39, 0.29) is 21.9 Å². The molecule has 0 atom stereocenters. The minimum Gasteiger partial charge on any atom is -0.435 e. The number of hydrogen-bond donors (Lipinski definition) is 2. The van der Waals surface area contributed by atoms with Crippen LogP contribution in [0.25, 0.3) is 0 Å². The SMILES string of the molecule is O=C(Nc1cccc(S(=O)(=O)Nc2ccc(Cl)cc2)c1)c1ccc(OC(F)F)cc1. The fraction of sp³-hybridized carbons (Fsp3) is 0.0500. The monoisotopic (exact) mass is 452 g/mol. The van der Waals surface area contributed by atoms with Gasteiger partial charge in [0.2, 0.25) is 0 Å². The average molecular weight is 453 g/mol. The molecule has 0 aliphatic carbocycles. The second-order valence-corrected chi connectivity index (χ2v) is 8.12. The Morgan fingerprint density at radius 3 is 2.23 bits per heavy atom. The zero-order chi connectivity index (χ0) is 21.7. The number of ether oxygens (including phenoxy) is 1. The molecule has 0 spiro atoms. The summed E-state index contributed by atoms with van der Waals surface area (Å²) < 4.78 is 56.2. The molecule has 0 unspecified atom stereocenters. The Labute approximate surface area is 176 Å². The van der Waals surface area contributed by atoms with Gasteiger partial charge in [-0.3, -0.25) is 9.52 Å². The van der Waals surface area contributed by atoms with Crippen molar-refractivity contribution in [1.29, 1.82) is 0 Å². The Balaban J connectivity index is 1.73. The maximum Gasteiger partial charge on any atom is 0.387 e. The van der Waals surface area contributed by atoms with Gasteiger partial charge in [0, 0.05) is 22.0 Å². The molecule has 0 aliphatic heterocycles. The lowest BCUT2D eigenvalue weighted by Gasteiger charge is -2.11. The summed E-state index contributed by atoms with van der Waals surface area (Å²) in [4.78, 5) is 12.3. The van der Waals surface area contributed by atoms with Crippen LogP contribution in [0, 0.1) is 0 Å². The number of halogens is 3. The van der Waals surface area contributed by atoms with Crippen LogP contribution in [0.15, 0.2) is 77.7 Å². The van der Waals surface area contributed by atoms with E-state index >= 15 is 0 Å². The fourth-order valence-corrected chi connectivity index (χ4v) is 3.69. The summed E-state index contributed by atoms with van der Waals surface area (Å²) in [6.07, 6.45) is 0. The van der Waals surface area contributed by atoms with E-state index in [1.54, 1.807) is 12.1 Å². The normalized spacial score (nSPS) is 11.2. The molecule has 0 heterocycles. The van der Waals surface area contributed by atoms with Gasteiger partial charge in [-0.1, -0.05) is 17.7 Å². The van der Waals surface area contributed by atoms with Crippen molar-refractivity contribution in [3.8, 4) is 5.75 Å². The van der Waals surface area contributed by atoms with Crippen molar-refractivity contribution in [2.24, 2.45) is 0 Å². The van der Waals surface area contributed by atoms with Gasteiger partial charge in [0.1, 0.15) is 5.75 Å². The molecule has 3 rings (SSSR count). The van der Waals surface area contributed by atoms with Crippen LogP contribution < -0.4 is 14.8 Å². The molecule has 0 aliphatic rings. The van der Waals surface area contributed by atoms with Crippen LogP contribution in [0.5, 0.6) is 5.75 Å². The zero-order valence-corrected chi connectivity index (χ0v) is 16.8. The molecule has 3 aromatic rings. The Hall–Kier alpha value is -3.17. The third-order valence-corrected chi connectivity index (χ3v) is 5.47. The van der Waals surface area contributed by atoms with Crippen molar-refractivity contribution >= 4 is 38.9 Å². The van der Waals surface area contributed by atoms with Crippen molar-refractivity contribution in [3.63, 3.8) is 0 Å². The van der Waals surface area contributed by atoms with Gasteiger partial charge in [-0.15, -0.1) is 0 Å². The van der Waals surface area contributed by atoms with Gasteiger partial charge in [0.05, 0.1) is 4.90 Å². The van der Waals surface area contributed by atoms with E-state index in [1.807, 2.05) is 0 Å². The number of hydrogen-bond acceptors (Lipinski definition) is 4. The maximum atomic E-state index is 12.6. The number of nitrogens with one attached hydrogen (secondary N) is 2. The number of alkyl halides is 2. The highest BCUT2D eigenvalue weighted by molar-refractivity contribution is 7.92. The minimum absolute atomic E-state index is 0.0593. The van der Waals surface area contributed by atoms with Crippen molar-refractivity contribution in [2.45, 2.75) is 11.5 Å². The standard InChI is InChI=1S/C20H15ClF2N2O4S/c21-14-6-8-15(9-7-14)25-30(27,28)18-3-1-2-16(12-18)24-19(26)13-4-10-17(11-5-13)29-20(22)23/h1-12,20,25H,(H,24,26). The molecule has 30 heavy (non-hydrogen) atoms. The molecule has 0 bridgehead atoms. The largest absolute Gasteiger partial charge is 0.435 e. The molecular formula is C20H15ClF2N2O4S. The van der Waals surface area contributed by atoms with Crippen LogP contribution in [0.1, 0.15) is 10.4 Å². The molecule has 1 amide bonds. The van der Waals surface area contributed by atoms with E-state index in [1.165, 1.54) is 60.7 Å². The number of carbonyl (C=O) groups excluding carboxylic acids is 1. The highest BCUT2D eigenvalue weighted by atomic mass is 35.5. The quantitative estimate of drug-likeness (QED) is 0.528. The second kappa shape index (κ2) is 9.10. The average Bonchev–Trinajstić information content (AvgIpc) is 2.70. The van der Waals surface area contributed by atoms with Gasteiger partial charge in [-0.05, 0) is 66.7 Å². The summed E-state index contributed by atoms with van der Waals surface area (Å²) in [7, 11) is -3.90. The summed E-state index contributed by atoms with van der Waals surface area (Å²) in [6, 6.07) is 16.9. The molecule has 0 fully saturated rings. The van der Waals surface area contributed by atoms with E-state index in [0.717, 1.165) is 0 Å². The summed E-state index contributed by atoms with van der Waals surface area (Å²) in [5.41, 5.74) is 0.760. The Morgan fingerprint density at radius 1 is 0.933 bits per heavy atom. The van der Waals surface area contributed by atoms with Crippen LogP contribution in [-0.4, -0.2) is 20.9 Å². The molecule has 0 saturated heterocycles. The highest BCUT2D eigenvalue weighted by Crippen LogP contribution is 2.21. The molecule has 0 saturated carbocycles. The van der Waals surface area contributed by atoms with E-state index in [4.69, 9.17) is 11.6 Å². The molecule has 3 aromatic carbocycles. The van der Waals surface area contributed by atoms with Gasteiger partial charge in [-0.25, -0.2) is 8.42 Å². The number of anilines is 2. The molecule has 0 radical (unpaired) electrons. The number of rotatable bonds is 7. The van der Waals surface area contributed by atoms with Crippen molar-refractivity contribution < 1.29 is 26.7 Å². The first kappa shape index (κ1) is 21.5. The smallest absolute Gasteiger partial charge is 0.387 e. The number of amides is 1. The molecule has 6 nitrogen and oxygen atoms in total. The van der Waals surface area contributed by atoms with Crippen molar-refractivity contribution in [3.05, 3.63) is 83.4 Å². The number of sulfonamides is 1. The van der Waals surface area contributed by atoms with E-state index < -0.39 is 22.5 Å². The van der Waals surface area contributed by atoms with Gasteiger partial charge in [0.15, 0.2) is 0 Å². The van der Waals surface area contributed by atoms with E-state index in [9.17, 15) is 22.0 Å². The lowest BCUT2D eigenvalue weighted by molar-refractivity contribution is -0.0498. The summed E-state index contributed by atoms with van der Waals surface area (Å²) in [6.45, 7) is -2.96. The lowest BCUT2D eigenvalue weighted by atomic mass is 10.2. The third kappa shape index (κ3) is 5.68. The van der Waals surface area contributed by atoms with Gasteiger partial charge < -0.3 is 10.1 Å². The first-order valence-electron chi connectivity index (χ1n) is 8.48. The topological polar surface area (TPSA) is 84.5 Å². The highest BCUT2D eigenvalue weighted by Gasteiger charge is 2.16. The predicted octanol–water partition coefficient (Wildman–Crippen LogP) is 4.99. The Kier molecular flexibility index (Phi) is 6.53.